The van der Waals surface area contributed by atoms with Crippen molar-refractivity contribution in [2.24, 2.45) is 0 Å². The third kappa shape index (κ3) is 4.27. The molecule has 6 heteroatoms. The molecule has 0 unspecified atom stereocenters. The van der Waals surface area contributed by atoms with E-state index in [-0.39, 0.29) is 11.8 Å². The molecule has 0 bridgehead atoms. The molecule has 1 aromatic carbocycles. The van der Waals surface area contributed by atoms with Crippen molar-refractivity contribution >= 4 is 11.8 Å². The first-order chi connectivity index (χ1) is 13.1. The Balaban J connectivity index is 1.69. The van der Waals surface area contributed by atoms with Crippen molar-refractivity contribution in [1.82, 2.24) is 14.8 Å². The van der Waals surface area contributed by atoms with E-state index >= 15 is 0 Å². The number of benzene rings is 1. The van der Waals surface area contributed by atoms with Gasteiger partial charge in [-0.1, -0.05) is 6.92 Å². The minimum absolute atomic E-state index is 0.00281. The molecular formula is C21H25N3O3. The van der Waals surface area contributed by atoms with Crippen LogP contribution >= 0.6 is 0 Å². The maximum absolute atomic E-state index is 12.9. The fraction of sp³-hybridized carbons (Fsp3) is 0.381. The largest absolute Gasteiger partial charge is 0.496 e. The van der Waals surface area contributed by atoms with Gasteiger partial charge in [0.1, 0.15) is 5.75 Å². The van der Waals surface area contributed by atoms with Crippen molar-refractivity contribution in [3.05, 3.63) is 59.4 Å². The van der Waals surface area contributed by atoms with Crippen molar-refractivity contribution in [3.8, 4) is 5.75 Å². The highest BCUT2D eigenvalue weighted by Crippen LogP contribution is 2.21. The van der Waals surface area contributed by atoms with Gasteiger partial charge in [-0.3, -0.25) is 14.6 Å². The van der Waals surface area contributed by atoms with Crippen LogP contribution in [0.5, 0.6) is 5.75 Å². The van der Waals surface area contributed by atoms with Gasteiger partial charge in [0, 0.05) is 44.1 Å². The summed E-state index contributed by atoms with van der Waals surface area (Å²) < 4.78 is 5.34. The molecule has 2 aromatic rings. The number of carbonyl (C=O) groups is 2. The number of hydrogen-bond donors (Lipinski definition) is 0. The summed E-state index contributed by atoms with van der Waals surface area (Å²) in [5.41, 5.74) is 2.27. The molecule has 2 amide bonds. The van der Waals surface area contributed by atoms with Crippen LogP contribution in [0, 0.1) is 0 Å². The number of carbonyl (C=O) groups excluding carboxylic acids is 2. The number of pyridine rings is 1. The second-order valence-corrected chi connectivity index (χ2v) is 6.56. The molecule has 1 aromatic heterocycles. The lowest BCUT2D eigenvalue weighted by Crippen LogP contribution is -2.37. The lowest BCUT2D eigenvalue weighted by Gasteiger charge is -2.22. The van der Waals surface area contributed by atoms with Gasteiger partial charge in [0.15, 0.2) is 0 Å². The number of aryl methyl sites for hydroxylation is 1. The molecule has 1 aliphatic heterocycles. The van der Waals surface area contributed by atoms with Gasteiger partial charge in [0.25, 0.3) is 11.8 Å². The SMILES string of the molecule is CCc1cc(C(=O)N2CCCN(C(=O)c3cccnc3)CC2)ccc1OC. The van der Waals surface area contributed by atoms with Gasteiger partial charge in [-0.15, -0.1) is 0 Å². The number of rotatable bonds is 4. The molecule has 1 saturated heterocycles. The average Bonchev–Trinajstić information content (AvgIpc) is 2.99. The number of aromatic nitrogens is 1. The molecule has 0 aliphatic carbocycles. The topological polar surface area (TPSA) is 62.7 Å². The summed E-state index contributed by atoms with van der Waals surface area (Å²) >= 11 is 0. The third-order valence-electron chi connectivity index (χ3n) is 4.89. The Kier molecular flexibility index (Phi) is 6.06. The molecule has 2 heterocycles. The molecule has 0 N–H and O–H groups in total. The molecule has 27 heavy (non-hydrogen) atoms. The predicted octanol–water partition coefficient (Wildman–Crippen LogP) is 2.64. The number of methoxy groups -OCH3 is 1. The standard InChI is InChI=1S/C21H25N3O3/c1-3-16-14-17(7-8-19(16)27-2)20(25)23-10-5-11-24(13-12-23)21(26)18-6-4-9-22-15-18/h4,6-9,14-15H,3,5,10-13H2,1-2H3. The minimum atomic E-state index is -0.0323. The predicted molar refractivity (Wildman–Crippen MR) is 103 cm³/mol. The van der Waals surface area contributed by atoms with Crippen LogP contribution in [0.3, 0.4) is 0 Å². The van der Waals surface area contributed by atoms with E-state index in [0.717, 1.165) is 24.2 Å². The van der Waals surface area contributed by atoms with Crippen LogP contribution in [0.25, 0.3) is 0 Å². The Hall–Kier alpha value is -2.89. The van der Waals surface area contributed by atoms with Crippen LogP contribution in [-0.2, 0) is 6.42 Å². The number of amides is 2. The van der Waals surface area contributed by atoms with Gasteiger partial charge in [-0.05, 0) is 48.7 Å². The number of ether oxygens (including phenoxy) is 1. The summed E-state index contributed by atoms with van der Waals surface area (Å²) in [6, 6.07) is 9.10. The van der Waals surface area contributed by atoms with Crippen molar-refractivity contribution in [2.45, 2.75) is 19.8 Å². The van der Waals surface area contributed by atoms with Crippen LogP contribution in [0.1, 0.15) is 39.6 Å². The highest BCUT2D eigenvalue weighted by atomic mass is 16.5. The van der Waals surface area contributed by atoms with Crippen LogP contribution in [0.2, 0.25) is 0 Å². The van der Waals surface area contributed by atoms with E-state index in [1.165, 1.54) is 0 Å². The van der Waals surface area contributed by atoms with E-state index in [1.54, 1.807) is 36.5 Å². The normalized spacial score (nSPS) is 14.6. The average molecular weight is 367 g/mol. The Morgan fingerprint density at radius 2 is 1.74 bits per heavy atom. The molecule has 0 saturated carbocycles. The quantitative estimate of drug-likeness (QED) is 0.833. The van der Waals surface area contributed by atoms with E-state index in [2.05, 4.69) is 4.98 Å². The molecule has 0 atom stereocenters. The van der Waals surface area contributed by atoms with Crippen molar-refractivity contribution in [1.29, 1.82) is 0 Å². The first-order valence-electron chi connectivity index (χ1n) is 9.29. The molecule has 0 radical (unpaired) electrons. The molecule has 1 fully saturated rings. The zero-order valence-electron chi connectivity index (χ0n) is 15.9. The van der Waals surface area contributed by atoms with E-state index in [1.807, 2.05) is 30.0 Å². The van der Waals surface area contributed by atoms with Crippen molar-refractivity contribution < 1.29 is 14.3 Å². The smallest absolute Gasteiger partial charge is 0.255 e. The second kappa shape index (κ2) is 8.66. The zero-order valence-corrected chi connectivity index (χ0v) is 15.9. The Morgan fingerprint density at radius 1 is 1.04 bits per heavy atom. The van der Waals surface area contributed by atoms with Crippen molar-refractivity contribution in [2.75, 3.05) is 33.3 Å². The zero-order chi connectivity index (χ0) is 19.2. The van der Waals surface area contributed by atoms with Gasteiger partial charge < -0.3 is 14.5 Å². The lowest BCUT2D eigenvalue weighted by molar-refractivity contribution is 0.0718. The second-order valence-electron chi connectivity index (χ2n) is 6.56. The fourth-order valence-corrected chi connectivity index (χ4v) is 3.37. The monoisotopic (exact) mass is 367 g/mol. The molecule has 142 valence electrons. The molecular weight excluding hydrogens is 342 g/mol. The number of hydrogen-bond acceptors (Lipinski definition) is 4. The molecule has 6 nitrogen and oxygen atoms in total. The molecule has 1 aliphatic rings. The van der Waals surface area contributed by atoms with E-state index in [9.17, 15) is 9.59 Å². The summed E-state index contributed by atoms with van der Waals surface area (Å²) in [6.07, 6.45) is 4.80. The van der Waals surface area contributed by atoms with Gasteiger partial charge in [-0.25, -0.2) is 0 Å². The molecule has 3 rings (SSSR count). The third-order valence-corrected chi connectivity index (χ3v) is 4.89. The van der Waals surface area contributed by atoms with E-state index < -0.39 is 0 Å². The van der Waals surface area contributed by atoms with Crippen LogP contribution in [-0.4, -0.2) is 59.9 Å². The van der Waals surface area contributed by atoms with Gasteiger partial charge in [0.2, 0.25) is 0 Å². The van der Waals surface area contributed by atoms with Gasteiger partial charge in [-0.2, -0.15) is 0 Å². The Bertz CT molecular complexity index is 808. The van der Waals surface area contributed by atoms with E-state index in [4.69, 9.17) is 4.74 Å². The first-order valence-corrected chi connectivity index (χ1v) is 9.29. The fourth-order valence-electron chi connectivity index (χ4n) is 3.37. The summed E-state index contributed by atoms with van der Waals surface area (Å²) in [6.45, 7) is 4.37. The molecule has 0 spiro atoms. The maximum Gasteiger partial charge on any atom is 0.255 e. The lowest BCUT2D eigenvalue weighted by atomic mass is 10.1. The van der Waals surface area contributed by atoms with Crippen LogP contribution in [0.15, 0.2) is 42.7 Å². The van der Waals surface area contributed by atoms with E-state index in [0.29, 0.717) is 37.3 Å². The van der Waals surface area contributed by atoms with Gasteiger partial charge in [0.05, 0.1) is 12.7 Å². The highest BCUT2D eigenvalue weighted by molar-refractivity contribution is 5.95. The van der Waals surface area contributed by atoms with Crippen LogP contribution in [0.4, 0.5) is 0 Å². The summed E-state index contributed by atoms with van der Waals surface area (Å²) in [5.74, 6) is 0.774. The maximum atomic E-state index is 12.9. The Labute approximate surface area is 159 Å². The minimum Gasteiger partial charge on any atom is -0.496 e. The number of nitrogens with zero attached hydrogens (tertiary/aromatic N) is 3. The Morgan fingerprint density at radius 3 is 2.33 bits per heavy atom. The summed E-state index contributed by atoms with van der Waals surface area (Å²) in [5, 5.41) is 0. The summed E-state index contributed by atoms with van der Waals surface area (Å²) in [4.78, 5) is 33.2. The van der Waals surface area contributed by atoms with Crippen molar-refractivity contribution in [3.63, 3.8) is 0 Å². The highest BCUT2D eigenvalue weighted by Gasteiger charge is 2.24. The first kappa shape index (κ1) is 18.9. The van der Waals surface area contributed by atoms with Gasteiger partial charge >= 0.3 is 0 Å². The summed E-state index contributed by atoms with van der Waals surface area (Å²) in [7, 11) is 1.64. The van der Waals surface area contributed by atoms with Crippen LogP contribution < -0.4 is 4.74 Å².